The summed E-state index contributed by atoms with van der Waals surface area (Å²) in [4.78, 5) is 23.6. The molecule has 4 aromatic rings. The minimum atomic E-state index is -1.27. The number of halogens is 1. The van der Waals surface area contributed by atoms with Crippen molar-refractivity contribution in [2.24, 2.45) is 0 Å². The predicted octanol–water partition coefficient (Wildman–Crippen LogP) is 3.75. The molecular formula is C24H24FN7O. The maximum Gasteiger partial charge on any atom is 0.272 e. The van der Waals surface area contributed by atoms with Crippen molar-refractivity contribution in [1.29, 1.82) is 0 Å². The van der Waals surface area contributed by atoms with Gasteiger partial charge >= 0.3 is 0 Å². The summed E-state index contributed by atoms with van der Waals surface area (Å²) in [5.74, 6) is 0.401. The number of alkyl halides is 1. The minimum Gasteiger partial charge on any atom is -0.350 e. The number of pyridine rings is 1. The molecule has 0 aromatic carbocycles. The second kappa shape index (κ2) is 7.68. The molecule has 1 aliphatic carbocycles. The van der Waals surface area contributed by atoms with Crippen molar-refractivity contribution in [3.05, 3.63) is 60.8 Å². The average molecular weight is 446 g/mol. The Kier molecular flexibility index (Phi) is 4.63. The number of rotatable bonds is 5. The quantitative estimate of drug-likeness (QED) is 0.474. The van der Waals surface area contributed by atoms with E-state index in [0.717, 1.165) is 48.2 Å². The molecule has 0 unspecified atom stereocenters. The van der Waals surface area contributed by atoms with Gasteiger partial charge in [-0.3, -0.25) is 9.20 Å². The molecule has 1 N–H and O–H groups in total. The SMILES string of the molecule is O=C(c1cnc2ccc(-c3ccn4nc(NCC5(F)CC=CC5)ncc34)cn12)N1CCCC1. The lowest BCUT2D eigenvalue weighted by atomic mass is 10.0. The van der Waals surface area contributed by atoms with E-state index < -0.39 is 5.67 Å². The molecule has 0 bridgehead atoms. The van der Waals surface area contributed by atoms with Crippen LogP contribution in [0.25, 0.3) is 22.3 Å². The number of carbonyl (C=O) groups is 1. The Bertz CT molecular complexity index is 1370. The van der Waals surface area contributed by atoms with E-state index in [1.165, 1.54) is 0 Å². The normalized spacial score (nSPS) is 17.4. The molecule has 33 heavy (non-hydrogen) atoms. The lowest BCUT2D eigenvalue weighted by Gasteiger charge is -2.19. The van der Waals surface area contributed by atoms with Gasteiger partial charge in [-0.2, -0.15) is 0 Å². The molecule has 9 heteroatoms. The van der Waals surface area contributed by atoms with Gasteiger partial charge in [-0.15, -0.1) is 5.10 Å². The number of hydrogen-bond donors (Lipinski definition) is 1. The summed E-state index contributed by atoms with van der Waals surface area (Å²) in [6, 6.07) is 5.85. The van der Waals surface area contributed by atoms with E-state index in [1.54, 1.807) is 16.9 Å². The molecule has 0 saturated carbocycles. The fourth-order valence-corrected chi connectivity index (χ4v) is 4.66. The fraction of sp³-hybridized carbons (Fsp3) is 0.333. The maximum absolute atomic E-state index is 14.6. The highest BCUT2D eigenvalue weighted by atomic mass is 19.1. The molecule has 1 saturated heterocycles. The third kappa shape index (κ3) is 3.53. The Hall–Kier alpha value is -3.75. The number of imidazole rings is 1. The summed E-state index contributed by atoms with van der Waals surface area (Å²) in [6.07, 6.45) is 13.8. The van der Waals surface area contributed by atoms with Crippen LogP contribution >= 0.6 is 0 Å². The first-order valence-electron chi connectivity index (χ1n) is 11.3. The first kappa shape index (κ1) is 19.9. The van der Waals surface area contributed by atoms with E-state index in [4.69, 9.17) is 0 Å². The van der Waals surface area contributed by atoms with Crippen LogP contribution in [0.4, 0.5) is 10.3 Å². The number of likely N-dealkylation sites (tertiary alicyclic amines) is 1. The second-order valence-corrected chi connectivity index (χ2v) is 8.81. The van der Waals surface area contributed by atoms with E-state index in [9.17, 15) is 9.18 Å². The average Bonchev–Trinajstić information content (AvgIpc) is 3.63. The molecule has 1 amide bonds. The molecular weight excluding hydrogens is 421 g/mol. The molecule has 0 radical (unpaired) electrons. The second-order valence-electron chi connectivity index (χ2n) is 8.81. The smallest absolute Gasteiger partial charge is 0.272 e. The zero-order valence-electron chi connectivity index (χ0n) is 18.1. The van der Waals surface area contributed by atoms with Gasteiger partial charge < -0.3 is 10.2 Å². The van der Waals surface area contributed by atoms with E-state index in [-0.39, 0.29) is 12.5 Å². The Morgan fingerprint density at radius 3 is 2.73 bits per heavy atom. The van der Waals surface area contributed by atoms with Crippen molar-refractivity contribution in [1.82, 2.24) is 28.9 Å². The number of nitrogens with zero attached hydrogens (tertiary/aromatic N) is 6. The van der Waals surface area contributed by atoms with Crippen LogP contribution in [0.5, 0.6) is 0 Å². The molecule has 0 atom stereocenters. The molecule has 5 heterocycles. The standard InChI is InChI=1S/C24H24FN7O/c25-24(8-1-2-9-24)16-28-23-27-13-19-18(7-12-32(19)29-23)17-5-6-21-26-14-20(31(21)15-17)22(33)30-10-3-4-11-30/h1-2,5-7,12-15H,3-4,8-11,16H2,(H,28,29). The van der Waals surface area contributed by atoms with Crippen LogP contribution in [0.1, 0.15) is 36.2 Å². The number of nitrogens with one attached hydrogen (secondary N) is 1. The summed E-state index contributed by atoms with van der Waals surface area (Å²) in [5.41, 5.74) is 2.73. The van der Waals surface area contributed by atoms with Crippen LogP contribution < -0.4 is 5.32 Å². The van der Waals surface area contributed by atoms with Crippen molar-refractivity contribution >= 4 is 23.0 Å². The van der Waals surface area contributed by atoms with E-state index >= 15 is 0 Å². The molecule has 168 valence electrons. The highest BCUT2D eigenvalue weighted by Crippen LogP contribution is 2.29. The Morgan fingerprint density at radius 2 is 1.91 bits per heavy atom. The van der Waals surface area contributed by atoms with Gasteiger partial charge in [0.1, 0.15) is 17.0 Å². The van der Waals surface area contributed by atoms with Crippen molar-refractivity contribution in [2.75, 3.05) is 25.0 Å². The highest BCUT2D eigenvalue weighted by Gasteiger charge is 2.30. The van der Waals surface area contributed by atoms with Gasteiger partial charge in [-0.05, 0) is 31.0 Å². The molecule has 8 nitrogen and oxygen atoms in total. The summed E-state index contributed by atoms with van der Waals surface area (Å²) in [7, 11) is 0. The van der Waals surface area contributed by atoms with Crippen LogP contribution in [0.15, 0.2) is 55.1 Å². The zero-order valence-corrected chi connectivity index (χ0v) is 18.1. The number of hydrogen-bond acceptors (Lipinski definition) is 5. The largest absolute Gasteiger partial charge is 0.350 e. The van der Waals surface area contributed by atoms with Crippen molar-refractivity contribution in [2.45, 2.75) is 31.4 Å². The monoisotopic (exact) mass is 445 g/mol. The van der Waals surface area contributed by atoms with Crippen LogP contribution in [0.2, 0.25) is 0 Å². The third-order valence-electron chi connectivity index (χ3n) is 6.54. The van der Waals surface area contributed by atoms with Gasteiger partial charge in [0.05, 0.1) is 24.5 Å². The number of carbonyl (C=O) groups excluding carboxylic acids is 1. The highest BCUT2D eigenvalue weighted by molar-refractivity contribution is 5.93. The van der Waals surface area contributed by atoms with E-state index in [1.807, 2.05) is 52.0 Å². The lowest BCUT2D eigenvalue weighted by molar-refractivity contribution is 0.0786. The van der Waals surface area contributed by atoms with Gasteiger partial charge in [0.2, 0.25) is 5.95 Å². The summed E-state index contributed by atoms with van der Waals surface area (Å²) in [6.45, 7) is 1.76. The van der Waals surface area contributed by atoms with Crippen LogP contribution in [-0.4, -0.2) is 60.1 Å². The van der Waals surface area contributed by atoms with E-state index in [0.29, 0.717) is 24.5 Å². The number of amides is 1. The molecule has 1 fully saturated rings. The molecule has 2 aliphatic rings. The zero-order chi connectivity index (χ0) is 22.4. The van der Waals surface area contributed by atoms with Gasteiger partial charge in [0.15, 0.2) is 0 Å². The summed E-state index contributed by atoms with van der Waals surface area (Å²) >= 11 is 0. The summed E-state index contributed by atoms with van der Waals surface area (Å²) < 4.78 is 18.2. The third-order valence-corrected chi connectivity index (χ3v) is 6.54. The van der Waals surface area contributed by atoms with Crippen molar-refractivity contribution in [3.63, 3.8) is 0 Å². The van der Waals surface area contributed by atoms with Gasteiger partial charge in [0, 0.05) is 49.5 Å². The minimum absolute atomic E-state index is 0.0148. The molecule has 1 aliphatic heterocycles. The molecule has 0 spiro atoms. The summed E-state index contributed by atoms with van der Waals surface area (Å²) in [5, 5.41) is 7.51. The predicted molar refractivity (Wildman–Crippen MR) is 123 cm³/mol. The van der Waals surface area contributed by atoms with Crippen LogP contribution in [-0.2, 0) is 0 Å². The molecule has 6 rings (SSSR count). The fourth-order valence-electron chi connectivity index (χ4n) is 4.66. The van der Waals surface area contributed by atoms with Crippen molar-refractivity contribution in [3.8, 4) is 11.1 Å². The Balaban J connectivity index is 1.29. The van der Waals surface area contributed by atoms with E-state index in [2.05, 4.69) is 20.4 Å². The van der Waals surface area contributed by atoms with Gasteiger partial charge in [0.25, 0.3) is 5.91 Å². The topological polar surface area (TPSA) is 79.8 Å². The number of anilines is 1. The Morgan fingerprint density at radius 1 is 1.09 bits per heavy atom. The van der Waals surface area contributed by atoms with Gasteiger partial charge in [-0.1, -0.05) is 12.2 Å². The van der Waals surface area contributed by atoms with Gasteiger partial charge in [-0.25, -0.2) is 18.9 Å². The van der Waals surface area contributed by atoms with Crippen LogP contribution in [0.3, 0.4) is 0 Å². The number of allylic oxidation sites excluding steroid dienone is 2. The number of fused-ring (bicyclic) bond motifs is 2. The first-order chi connectivity index (χ1) is 16.1. The lowest BCUT2D eigenvalue weighted by Crippen LogP contribution is -2.29. The van der Waals surface area contributed by atoms with Crippen molar-refractivity contribution < 1.29 is 9.18 Å². The first-order valence-corrected chi connectivity index (χ1v) is 11.3. The van der Waals surface area contributed by atoms with Crippen LogP contribution in [0, 0.1) is 0 Å². The maximum atomic E-state index is 14.6. The molecule has 4 aromatic heterocycles. The number of aromatic nitrogens is 5. The Labute approximate surface area is 189 Å².